The third kappa shape index (κ3) is 5.81. The highest BCUT2D eigenvalue weighted by molar-refractivity contribution is 6.32. The van der Waals surface area contributed by atoms with Gasteiger partial charge in [0.2, 0.25) is 23.6 Å². The van der Waals surface area contributed by atoms with Crippen LogP contribution in [0.15, 0.2) is 103 Å². The van der Waals surface area contributed by atoms with Crippen LogP contribution >= 0.6 is 11.6 Å². The van der Waals surface area contributed by atoms with E-state index >= 15 is 4.79 Å². The molecule has 1 N–H and O–H groups in total. The molecule has 15 heteroatoms. The summed E-state index contributed by atoms with van der Waals surface area (Å²) in [7, 11) is 0. The molecule has 4 aromatic rings. The van der Waals surface area contributed by atoms with Gasteiger partial charge in [-0.15, -0.1) is 0 Å². The summed E-state index contributed by atoms with van der Waals surface area (Å²) in [6.07, 6.45) is -9.24. The third-order valence-corrected chi connectivity index (χ3v) is 11.9. The Kier molecular flexibility index (Phi) is 9.06. The number of amides is 4. The Morgan fingerprint density at radius 1 is 0.772 bits per heavy atom. The number of para-hydroxylation sites is 1. The second kappa shape index (κ2) is 13.5. The van der Waals surface area contributed by atoms with Crippen molar-refractivity contribution >= 4 is 46.6 Å². The summed E-state index contributed by atoms with van der Waals surface area (Å²) in [5.74, 6) is -9.69. The van der Waals surface area contributed by atoms with Gasteiger partial charge in [0, 0.05) is 16.5 Å². The maximum Gasteiger partial charge on any atom is 0.416 e. The van der Waals surface area contributed by atoms with E-state index in [2.05, 4.69) is 0 Å². The summed E-state index contributed by atoms with van der Waals surface area (Å²) in [6, 6.07) is 19.8. The molecular formula is C42H31ClF6N2O6. The molecule has 2 aliphatic carbocycles. The van der Waals surface area contributed by atoms with E-state index in [1.807, 2.05) is 0 Å². The molecule has 4 aromatic carbocycles. The number of carbonyl (C=O) groups is 4. The molecule has 0 bridgehead atoms. The first kappa shape index (κ1) is 38.3. The number of imide groups is 2. The third-order valence-electron chi connectivity index (χ3n) is 11.6. The second-order valence-electron chi connectivity index (χ2n) is 14.5. The predicted molar refractivity (Wildman–Crippen MR) is 194 cm³/mol. The number of nitrogens with zero attached hydrogens (tertiary/aromatic N) is 2. The topological polar surface area (TPSA) is 104 Å². The number of halogens is 7. The smallest absolute Gasteiger partial charge is 0.416 e. The minimum atomic E-state index is -5.25. The van der Waals surface area contributed by atoms with Crippen molar-refractivity contribution in [2.45, 2.75) is 43.5 Å². The highest BCUT2D eigenvalue weighted by Gasteiger charge is 2.70. The van der Waals surface area contributed by atoms with Crippen molar-refractivity contribution in [1.82, 2.24) is 0 Å². The van der Waals surface area contributed by atoms with E-state index in [-0.39, 0.29) is 53.3 Å². The van der Waals surface area contributed by atoms with Crippen LogP contribution < -0.4 is 14.5 Å². The summed E-state index contributed by atoms with van der Waals surface area (Å²) in [5, 5.41) is 12.1. The van der Waals surface area contributed by atoms with Crippen molar-refractivity contribution in [1.29, 1.82) is 0 Å². The van der Waals surface area contributed by atoms with Crippen molar-refractivity contribution in [3.63, 3.8) is 0 Å². The molecule has 6 unspecified atom stereocenters. The van der Waals surface area contributed by atoms with Crippen LogP contribution in [0.2, 0.25) is 5.02 Å². The number of phenols is 1. The average molecular weight is 809 g/mol. The summed E-state index contributed by atoms with van der Waals surface area (Å²) in [6.45, 7) is 1.85. The lowest BCUT2D eigenvalue weighted by atomic mass is 9.49. The maximum absolute atomic E-state index is 15.4. The summed E-state index contributed by atoms with van der Waals surface area (Å²) in [4.78, 5) is 60.3. The Morgan fingerprint density at radius 3 is 2.07 bits per heavy atom. The lowest BCUT2D eigenvalue weighted by Crippen LogP contribution is -2.53. The molecule has 4 aliphatic rings. The highest BCUT2D eigenvalue weighted by atomic mass is 35.5. The first-order chi connectivity index (χ1) is 27.0. The van der Waals surface area contributed by atoms with E-state index in [0.29, 0.717) is 28.2 Å². The number of anilines is 2. The van der Waals surface area contributed by atoms with Crippen molar-refractivity contribution in [2.24, 2.45) is 23.7 Å². The molecule has 3 fully saturated rings. The van der Waals surface area contributed by atoms with Gasteiger partial charge in [-0.2, -0.15) is 26.3 Å². The molecule has 0 radical (unpaired) electrons. The Labute approximate surface area is 326 Å². The number of benzene rings is 4. The number of hydrogen-bond donors (Lipinski definition) is 1. The zero-order valence-corrected chi connectivity index (χ0v) is 30.5. The highest BCUT2D eigenvalue weighted by Crippen LogP contribution is 2.66. The number of allylic oxidation sites excluding steroid dienone is 2. The fourth-order valence-electron chi connectivity index (χ4n) is 9.45. The molecule has 8 nitrogen and oxygen atoms in total. The zero-order valence-electron chi connectivity index (χ0n) is 29.8. The van der Waals surface area contributed by atoms with Gasteiger partial charge < -0.3 is 9.84 Å². The lowest BCUT2D eigenvalue weighted by Gasteiger charge is -2.50. The van der Waals surface area contributed by atoms with Gasteiger partial charge in [-0.05, 0) is 73.7 Å². The molecule has 0 spiro atoms. The summed E-state index contributed by atoms with van der Waals surface area (Å²) < 4.78 is 89.3. The fraction of sp³-hybridized carbons (Fsp3) is 0.286. The van der Waals surface area contributed by atoms with Gasteiger partial charge in [-0.3, -0.25) is 19.2 Å². The van der Waals surface area contributed by atoms with Crippen molar-refractivity contribution < 1.29 is 55.4 Å². The molecule has 4 amide bonds. The van der Waals surface area contributed by atoms with Crippen LogP contribution in [0.25, 0.3) is 0 Å². The van der Waals surface area contributed by atoms with E-state index in [9.17, 15) is 45.8 Å². The minimum absolute atomic E-state index is 0.0675. The summed E-state index contributed by atoms with van der Waals surface area (Å²) >= 11 is 6.34. The van der Waals surface area contributed by atoms with Gasteiger partial charge in [0.15, 0.2) is 11.5 Å². The number of phenolic OH excluding ortho intramolecular Hbond substituents is 1. The molecule has 294 valence electrons. The van der Waals surface area contributed by atoms with Gasteiger partial charge >= 0.3 is 12.4 Å². The predicted octanol–water partition coefficient (Wildman–Crippen LogP) is 8.85. The van der Waals surface area contributed by atoms with Gasteiger partial charge in [0.25, 0.3) is 0 Å². The molecule has 2 aliphatic heterocycles. The molecule has 8 rings (SSSR count). The SMILES string of the molecule is CCOc1cccc(C2C3=CCC4C(=O)N(c5cc(C(F)(F)F)cc(C(F)(F)F)c5)C(=O)C4C3CC3C(=O)N(c4cccc(Cl)c4)C(=O)C32c2ccccc2)c1O. The molecular weight excluding hydrogens is 778 g/mol. The van der Waals surface area contributed by atoms with Crippen molar-refractivity contribution in [3.05, 3.63) is 130 Å². The number of fused-ring (bicyclic) bond motifs is 4. The standard InChI is InChI=1S/C42H31ClF6N2O6/c1-2-57-32-13-7-12-29(35(32)52)34-27-14-15-28-33(38(55)50(36(28)53)26-17-22(41(44,45)46)16-23(18-26)42(47,48)49)30(27)20-31-37(54)51(25-11-6-10-24(43)19-25)39(56)40(31,34)21-8-4-3-5-9-21/h3-14,16-19,28,30-31,33-34,52H,2,15,20H2,1H3. The molecule has 2 heterocycles. The largest absolute Gasteiger partial charge is 0.504 e. The normalized spacial score (nSPS) is 26.0. The van der Waals surface area contributed by atoms with Gasteiger partial charge in [0.05, 0.1) is 52.3 Å². The van der Waals surface area contributed by atoms with Crippen molar-refractivity contribution in [3.8, 4) is 11.5 Å². The molecule has 2 saturated heterocycles. The second-order valence-corrected chi connectivity index (χ2v) is 14.9. The maximum atomic E-state index is 15.4. The number of alkyl halides is 6. The number of carbonyl (C=O) groups excluding carboxylic acids is 4. The number of aromatic hydroxyl groups is 1. The molecule has 6 atom stereocenters. The Bertz CT molecular complexity index is 2350. The van der Waals surface area contributed by atoms with E-state index in [0.717, 1.165) is 4.90 Å². The average Bonchev–Trinajstić information content (AvgIpc) is 3.56. The Balaban J connectivity index is 1.34. The van der Waals surface area contributed by atoms with E-state index < -0.39 is 87.8 Å². The lowest BCUT2D eigenvalue weighted by molar-refractivity contribution is -0.143. The van der Waals surface area contributed by atoms with Crippen LogP contribution in [0.1, 0.15) is 47.9 Å². The van der Waals surface area contributed by atoms with Crippen LogP contribution in [0.4, 0.5) is 37.7 Å². The Hall–Kier alpha value is -5.63. The van der Waals surface area contributed by atoms with Gasteiger partial charge in [0.1, 0.15) is 0 Å². The van der Waals surface area contributed by atoms with Crippen LogP contribution in [-0.2, 0) is 36.9 Å². The van der Waals surface area contributed by atoms with Crippen molar-refractivity contribution in [2.75, 3.05) is 16.4 Å². The van der Waals surface area contributed by atoms with E-state index in [4.69, 9.17) is 16.3 Å². The van der Waals surface area contributed by atoms with Gasteiger partial charge in [-0.1, -0.05) is 71.8 Å². The first-order valence-electron chi connectivity index (χ1n) is 18.0. The van der Waals surface area contributed by atoms with Crippen LogP contribution in [0, 0.1) is 23.7 Å². The van der Waals surface area contributed by atoms with E-state index in [1.54, 1.807) is 67.6 Å². The Morgan fingerprint density at radius 2 is 1.44 bits per heavy atom. The minimum Gasteiger partial charge on any atom is -0.504 e. The van der Waals surface area contributed by atoms with E-state index in [1.165, 1.54) is 18.2 Å². The number of ether oxygens (including phenoxy) is 1. The molecule has 1 saturated carbocycles. The quantitative estimate of drug-likeness (QED) is 0.119. The monoisotopic (exact) mass is 808 g/mol. The molecule has 0 aromatic heterocycles. The number of hydrogen-bond acceptors (Lipinski definition) is 6. The summed E-state index contributed by atoms with van der Waals surface area (Å²) in [5.41, 5.74) is -4.93. The van der Waals surface area contributed by atoms with Gasteiger partial charge in [-0.25, -0.2) is 9.80 Å². The van der Waals surface area contributed by atoms with Crippen LogP contribution in [0.5, 0.6) is 11.5 Å². The zero-order chi connectivity index (χ0) is 40.8. The number of rotatable bonds is 6. The fourth-order valence-corrected chi connectivity index (χ4v) is 9.64. The first-order valence-corrected chi connectivity index (χ1v) is 18.4. The molecule has 57 heavy (non-hydrogen) atoms. The van der Waals surface area contributed by atoms with Crippen LogP contribution in [0.3, 0.4) is 0 Å². The van der Waals surface area contributed by atoms with Crippen LogP contribution in [-0.4, -0.2) is 35.3 Å².